The summed E-state index contributed by atoms with van der Waals surface area (Å²) in [5.74, 6) is 0.998. The molecule has 3 aromatic rings. The lowest BCUT2D eigenvalue weighted by atomic mass is 10.2. The largest absolute Gasteiger partial charge is 0.379 e. The number of amides is 1. The molecular weight excluding hydrogens is 470 g/mol. The Bertz CT molecular complexity index is 1250. The van der Waals surface area contributed by atoms with E-state index in [0.29, 0.717) is 76.3 Å². The van der Waals surface area contributed by atoms with Crippen molar-refractivity contribution in [2.75, 3.05) is 52.5 Å². The topological polar surface area (TPSA) is 109 Å². The summed E-state index contributed by atoms with van der Waals surface area (Å²) in [7, 11) is -3.58. The highest BCUT2D eigenvalue weighted by Crippen LogP contribution is 2.20. The van der Waals surface area contributed by atoms with Crippen molar-refractivity contribution in [3.05, 3.63) is 66.1 Å². The Balaban J connectivity index is 1.15. The van der Waals surface area contributed by atoms with Crippen LogP contribution in [0.4, 0.5) is 0 Å². The van der Waals surface area contributed by atoms with E-state index in [-0.39, 0.29) is 10.8 Å². The molecule has 5 rings (SSSR count). The highest BCUT2D eigenvalue weighted by Gasteiger charge is 2.27. The number of morpholine rings is 1. The fourth-order valence-corrected chi connectivity index (χ4v) is 5.62. The molecule has 2 aromatic carbocycles. The molecule has 0 bridgehead atoms. The molecule has 0 radical (unpaired) electrons. The quantitative estimate of drug-likeness (QED) is 0.507. The van der Waals surface area contributed by atoms with Crippen molar-refractivity contribution in [3.8, 4) is 11.4 Å². The third-order valence-corrected chi connectivity index (χ3v) is 8.14. The molecule has 0 unspecified atom stereocenters. The van der Waals surface area contributed by atoms with Gasteiger partial charge in [0.25, 0.3) is 5.91 Å². The van der Waals surface area contributed by atoms with Crippen molar-refractivity contribution in [2.24, 2.45) is 0 Å². The number of ether oxygens (including phenoxy) is 1. The Morgan fingerprint density at radius 3 is 2.26 bits per heavy atom. The van der Waals surface area contributed by atoms with Crippen LogP contribution in [0, 0.1) is 0 Å². The van der Waals surface area contributed by atoms with E-state index in [1.165, 1.54) is 16.4 Å². The lowest BCUT2D eigenvalue weighted by molar-refractivity contribution is 0.0615. The fourth-order valence-electron chi connectivity index (χ4n) is 4.21. The monoisotopic (exact) mass is 497 g/mol. The van der Waals surface area contributed by atoms with Gasteiger partial charge in [-0.1, -0.05) is 35.5 Å². The Hall–Kier alpha value is -3.12. The zero-order valence-corrected chi connectivity index (χ0v) is 20.1. The van der Waals surface area contributed by atoms with Gasteiger partial charge in [-0.15, -0.1) is 0 Å². The molecule has 35 heavy (non-hydrogen) atoms. The SMILES string of the molecule is O=C(c1ccc(S(=O)(=O)N2CCOCC2)cc1)N1CCN(Cc2nc(-c3ccccc3)no2)CC1. The van der Waals surface area contributed by atoms with E-state index < -0.39 is 10.0 Å². The van der Waals surface area contributed by atoms with Gasteiger partial charge < -0.3 is 14.2 Å². The molecule has 2 aliphatic rings. The van der Waals surface area contributed by atoms with E-state index in [4.69, 9.17) is 9.26 Å². The maximum Gasteiger partial charge on any atom is 0.253 e. The lowest BCUT2D eigenvalue weighted by Gasteiger charge is -2.34. The van der Waals surface area contributed by atoms with Crippen LogP contribution < -0.4 is 0 Å². The number of rotatable bonds is 6. The van der Waals surface area contributed by atoms with E-state index in [2.05, 4.69) is 15.0 Å². The zero-order chi connectivity index (χ0) is 24.3. The maximum atomic E-state index is 13.0. The highest BCUT2D eigenvalue weighted by molar-refractivity contribution is 7.89. The van der Waals surface area contributed by atoms with Crippen molar-refractivity contribution in [3.63, 3.8) is 0 Å². The van der Waals surface area contributed by atoms with Crippen LogP contribution in [0.25, 0.3) is 11.4 Å². The van der Waals surface area contributed by atoms with E-state index in [0.717, 1.165) is 5.56 Å². The van der Waals surface area contributed by atoms with Crippen LogP contribution in [0.2, 0.25) is 0 Å². The lowest BCUT2D eigenvalue weighted by Crippen LogP contribution is -2.48. The predicted octanol–water partition coefficient (Wildman–Crippen LogP) is 1.72. The first kappa shape index (κ1) is 23.6. The van der Waals surface area contributed by atoms with Gasteiger partial charge in [0.1, 0.15) is 0 Å². The minimum absolute atomic E-state index is 0.107. The van der Waals surface area contributed by atoms with Crippen LogP contribution in [0.1, 0.15) is 16.2 Å². The second-order valence-corrected chi connectivity index (χ2v) is 10.4. The van der Waals surface area contributed by atoms with Gasteiger partial charge in [0.05, 0.1) is 24.7 Å². The van der Waals surface area contributed by atoms with Crippen LogP contribution >= 0.6 is 0 Å². The van der Waals surface area contributed by atoms with Gasteiger partial charge in [0.2, 0.25) is 21.7 Å². The third kappa shape index (κ3) is 5.27. The van der Waals surface area contributed by atoms with E-state index in [9.17, 15) is 13.2 Å². The summed E-state index contributed by atoms with van der Waals surface area (Å²) in [6.45, 7) is 4.46. The number of benzene rings is 2. The summed E-state index contributed by atoms with van der Waals surface area (Å²) in [6, 6.07) is 15.9. The number of sulfonamides is 1. The Kier molecular flexibility index (Phi) is 6.91. The molecule has 10 nitrogen and oxygen atoms in total. The van der Waals surface area contributed by atoms with Gasteiger partial charge in [-0.2, -0.15) is 9.29 Å². The number of hydrogen-bond acceptors (Lipinski definition) is 8. The minimum atomic E-state index is -3.58. The van der Waals surface area contributed by atoms with Crippen LogP contribution in [0.5, 0.6) is 0 Å². The van der Waals surface area contributed by atoms with Gasteiger partial charge in [-0.3, -0.25) is 9.69 Å². The normalized spacial score (nSPS) is 18.0. The zero-order valence-electron chi connectivity index (χ0n) is 19.2. The molecule has 2 saturated heterocycles. The molecule has 0 aliphatic carbocycles. The van der Waals surface area contributed by atoms with Crippen molar-refractivity contribution in [1.82, 2.24) is 24.2 Å². The number of piperazine rings is 1. The van der Waals surface area contributed by atoms with Crippen LogP contribution in [0.15, 0.2) is 64.0 Å². The molecule has 2 aliphatic heterocycles. The Morgan fingerprint density at radius 1 is 0.886 bits per heavy atom. The first-order valence-electron chi connectivity index (χ1n) is 11.6. The van der Waals surface area contributed by atoms with Crippen molar-refractivity contribution >= 4 is 15.9 Å². The summed E-state index contributed by atoms with van der Waals surface area (Å²) < 4.78 is 37.6. The Labute approximate surface area is 204 Å². The summed E-state index contributed by atoms with van der Waals surface area (Å²) in [5, 5.41) is 4.06. The molecule has 2 fully saturated rings. The highest BCUT2D eigenvalue weighted by atomic mass is 32.2. The molecule has 0 spiro atoms. The van der Waals surface area contributed by atoms with Gasteiger partial charge in [-0.05, 0) is 24.3 Å². The number of hydrogen-bond donors (Lipinski definition) is 0. The average molecular weight is 498 g/mol. The first-order valence-corrected chi connectivity index (χ1v) is 13.0. The molecular formula is C24H27N5O5S. The molecule has 0 atom stereocenters. The molecule has 3 heterocycles. The average Bonchev–Trinajstić information content (AvgIpc) is 3.38. The second-order valence-electron chi connectivity index (χ2n) is 8.49. The standard InChI is InChI=1S/C24H27N5O5S/c30-24(20-6-8-21(9-7-20)35(31,32)29-14-16-33-17-15-29)28-12-10-27(11-13-28)18-22-25-23(26-34-22)19-4-2-1-3-5-19/h1-9H,10-18H2. The summed E-state index contributed by atoms with van der Waals surface area (Å²) >= 11 is 0. The third-order valence-electron chi connectivity index (χ3n) is 6.23. The van der Waals surface area contributed by atoms with Gasteiger partial charge in [0.15, 0.2) is 0 Å². The molecule has 0 N–H and O–H groups in total. The molecule has 184 valence electrons. The first-order chi connectivity index (χ1) is 17.0. The van der Waals surface area contributed by atoms with E-state index in [1.807, 2.05) is 30.3 Å². The van der Waals surface area contributed by atoms with E-state index >= 15 is 0 Å². The van der Waals surface area contributed by atoms with Crippen molar-refractivity contribution in [2.45, 2.75) is 11.4 Å². The summed E-state index contributed by atoms with van der Waals surface area (Å²) in [4.78, 5) is 21.6. The fraction of sp³-hybridized carbons (Fsp3) is 0.375. The van der Waals surface area contributed by atoms with E-state index in [1.54, 1.807) is 17.0 Å². The van der Waals surface area contributed by atoms with Crippen LogP contribution in [-0.4, -0.2) is 91.1 Å². The summed E-state index contributed by atoms with van der Waals surface area (Å²) in [5.41, 5.74) is 1.38. The van der Waals surface area contributed by atoms with Crippen LogP contribution in [0.3, 0.4) is 0 Å². The summed E-state index contributed by atoms with van der Waals surface area (Å²) in [6.07, 6.45) is 0. The van der Waals surface area contributed by atoms with Crippen molar-refractivity contribution < 1.29 is 22.5 Å². The molecule has 1 aromatic heterocycles. The Morgan fingerprint density at radius 2 is 1.57 bits per heavy atom. The van der Waals surface area contributed by atoms with Gasteiger partial charge in [-0.25, -0.2) is 8.42 Å². The predicted molar refractivity (Wildman–Crippen MR) is 127 cm³/mol. The maximum absolute atomic E-state index is 13.0. The van der Waals surface area contributed by atoms with Crippen molar-refractivity contribution in [1.29, 1.82) is 0 Å². The molecule has 0 saturated carbocycles. The number of carbonyl (C=O) groups is 1. The smallest absolute Gasteiger partial charge is 0.253 e. The van der Waals surface area contributed by atoms with Gasteiger partial charge >= 0.3 is 0 Å². The molecule has 1 amide bonds. The minimum Gasteiger partial charge on any atom is -0.379 e. The number of nitrogens with zero attached hydrogens (tertiary/aromatic N) is 5. The van der Waals surface area contributed by atoms with Gasteiger partial charge in [0, 0.05) is 50.4 Å². The van der Waals surface area contributed by atoms with Crippen LogP contribution in [-0.2, 0) is 21.3 Å². The number of aromatic nitrogens is 2. The molecule has 11 heteroatoms. The number of carbonyl (C=O) groups excluding carboxylic acids is 1. The second kappa shape index (κ2) is 10.2.